The molecule has 1 heterocycles. The number of carbonyl (C=O) groups excluding carboxylic acids is 1. The van der Waals surface area contributed by atoms with Gasteiger partial charge in [-0.3, -0.25) is 9.78 Å². The number of rotatable bonds is 4. The zero-order valence-corrected chi connectivity index (χ0v) is 11.8. The van der Waals surface area contributed by atoms with Crippen molar-refractivity contribution in [1.29, 1.82) is 0 Å². The lowest BCUT2D eigenvalue weighted by molar-refractivity contribution is -0.119. The van der Waals surface area contributed by atoms with Gasteiger partial charge in [-0.05, 0) is 43.4 Å². The topological polar surface area (TPSA) is 42.0 Å². The average molecular weight is 276 g/mol. The monoisotopic (exact) mass is 276 g/mol. The van der Waals surface area contributed by atoms with Crippen molar-refractivity contribution in [1.82, 2.24) is 10.3 Å². The number of hydrogen-bond acceptors (Lipinski definition) is 2. The van der Waals surface area contributed by atoms with Gasteiger partial charge in [0.25, 0.3) is 5.91 Å². The summed E-state index contributed by atoms with van der Waals surface area (Å²) in [4.78, 5) is 15.8. The molecular formula is C16H21FN2O. The first-order chi connectivity index (χ1) is 9.66. The van der Waals surface area contributed by atoms with E-state index in [1.54, 1.807) is 18.5 Å². The predicted molar refractivity (Wildman–Crippen MR) is 76.6 cm³/mol. The van der Waals surface area contributed by atoms with Crippen molar-refractivity contribution in [2.45, 2.75) is 45.1 Å². The van der Waals surface area contributed by atoms with E-state index in [0.717, 1.165) is 31.2 Å². The number of nitrogens with one attached hydrogen (secondary N) is 1. The number of pyridine rings is 1. The van der Waals surface area contributed by atoms with Crippen LogP contribution in [-0.2, 0) is 4.79 Å². The highest BCUT2D eigenvalue weighted by atomic mass is 19.1. The highest BCUT2D eigenvalue weighted by molar-refractivity contribution is 5.91. The largest absolute Gasteiger partial charge is 0.343 e. The fourth-order valence-electron chi connectivity index (χ4n) is 2.56. The highest BCUT2D eigenvalue weighted by Crippen LogP contribution is 2.26. The Morgan fingerprint density at radius 2 is 2.20 bits per heavy atom. The summed E-state index contributed by atoms with van der Waals surface area (Å²) in [7, 11) is 0. The van der Waals surface area contributed by atoms with Crippen molar-refractivity contribution >= 4 is 5.91 Å². The van der Waals surface area contributed by atoms with Crippen LogP contribution in [0.3, 0.4) is 0 Å². The molecule has 1 aromatic rings. The molecule has 1 unspecified atom stereocenters. The number of hydrogen-bond donors (Lipinski definition) is 1. The van der Waals surface area contributed by atoms with Crippen LogP contribution in [0.15, 0.2) is 36.4 Å². The maximum atomic E-state index is 13.9. The smallest absolute Gasteiger partial charge is 0.280 e. The van der Waals surface area contributed by atoms with Gasteiger partial charge in [0.2, 0.25) is 0 Å². The lowest BCUT2D eigenvalue weighted by atomic mass is 9.89. The number of carbonyl (C=O) groups is 1. The van der Waals surface area contributed by atoms with Crippen LogP contribution < -0.4 is 5.32 Å². The Hall–Kier alpha value is -1.71. The van der Waals surface area contributed by atoms with Crippen molar-refractivity contribution in [2.75, 3.05) is 0 Å². The summed E-state index contributed by atoms with van der Waals surface area (Å²) >= 11 is 0. The Kier molecular flexibility index (Phi) is 5.27. The lowest BCUT2D eigenvalue weighted by Gasteiger charge is -2.18. The number of aromatic nitrogens is 1. The van der Waals surface area contributed by atoms with Crippen molar-refractivity contribution in [3.05, 3.63) is 42.0 Å². The third-order valence-electron chi connectivity index (χ3n) is 3.78. The van der Waals surface area contributed by atoms with E-state index in [1.807, 2.05) is 13.0 Å². The van der Waals surface area contributed by atoms with Gasteiger partial charge in [0.15, 0.2) is 5.83 Å². The molecule has 4 heteroatoms. The van der Waals surface area contributed by atoms with Gasteiger partial charge in [0.1, 0.15) is 0 Å². The van der Waals surface area contributed by atoms with E-state index in [9.17, 15) is 9.18 Å². The van der Waals surface area contributed by atoms with Gasteiger partial charge in [-0.1, -0.05) is 25.3 Å². The summed E-state index contributed by atoms with van der Waals surface area (Å²) < 4.78 is 13.9. The summed E-state index contributed by atoms with van der Waals surface area (Å²) in [5, 5.41) is 2.66. The third-order valence-corrected chi connectivity index (χ3v) is 3.78. The minimum atomic E-state index is -0.660. The second-order valence-electron chi connectivity index (χ2n) is 5.39. The van der Waals surface area contributed by atoms with E-state index < -0.39 is 11.7 Å². The SMILES string of the molecule is CC(NC(=O)/C(F)=C/C1CCCCC1)c1cccnc1. The molecule has 0 radical (unpaired) electrons. The first-order valence-corrected chi connectivity index (χ1v) is 7.25. The predicted octanol–water partition coefficient (Wildman–Crippen LogP) is 3.69. The van der Waals surface area contributed by atoms with Crippen LogP contribution >= 0.6 is 0 Å². The Balaban J connectivity index is 1.92. The van der Waals surface area contributed by atoms with E-state index in [0.29, 0.717) is 0 Å². The van der Waals surface area contributed by atoms with Crippen LogP contribution in [0.1, 0.15) is 50.6 Å². The van der Waals surface area contributed by atoms with Crippen LogP contribution in [0.2, 0.25) is 0 Å². The third kappa shape index (κ3) is 4.15. The quantitative estimate of drug-likeness (QED) is 0.852. The minimum Gasteiger partial charge on any atom is -0.343 e. The lowest BCUT2D eigenvalue weighted by Crippen LogP contribution is -2.27. The van der Waals surface area contributed by atoms with Crippen LogP contribution in [0.4, 0.5) is 4.39 Å². The van der Waals surface area contributed by atoms with Gasteiger partial charge in [-0.15, -0.1) is 0 Å². The fraction of sp³-hybridized carbons (Fsp3) is 0.500. The number of halogens is 1. The van der Waals surface area contributed by atoms with Crippen molar-refractivity contribution in [2.24, 2.45) is 5.92 Å². The van der Waals surface area contributed by atoms with Crippen molar-refractivity contribution < 1.29 is 9.18 Å². The molecule has 1 saturated carbocycles. The van der Waals surface area contributed by atoms with Crippen molar-refractivity contribution in [3.8, 4) is 0 Å². The average Bonchev–Trinajstić information content (AvgIpc) is 2.49. The first-order valence-electron chi connectivity index (χ1n) is 7.25. The summed E-state index contributed by atoms with van der Waals surface area (Å²) in [6.45, 7) is 1.82. The molecule has 0 spiro atoms. The molecule has 1 fully saturated rings. The number of nitrogens with zero attached hydrogens (tertiary/aromatic N) is 1. The molecule has 1 aliphatic carbocycles. The number of allylic oxidation sites excluding steroid dienone is 1. The normalized spacial score (nSPS) is 18.6. The molecule has 1 aromatic heterocycles. The Labute approximate surface area is 119 Å². The van der Waals surface area contributed by atoms with Crippen LogP contribution in [0, 0.1) is 5.92 Å². The van der Waals surface area contributed by atoms with Crippen LogP contribution in [0.25, 0.3) is 0 Å². The molecule has 0 bridgehead atoms. The zero-order valence-electron chi connectivity index (χ0n) is 11.8. The molecule has 1 atom stereocenters. The molecule has 1 aliphatic rings. The summed E-state index contributed by atoms with van der Waals surface area (Å²) in [6.07, 6.45) is 10.3. The van der Waals surface area contributed by atoms with Gasteiger partial charge in [0, 0.05) is 12.4 Å². The molecule has 20 heavy (non-hydrogen) atoms. The summed E-state index contributed by atoms with van der Waals surface area (Å²) in [5.74, 6) is -1.08. The second-order valence-corrected chi connectivity index (χ2v) is 5.39. The number of amides is 1. The van der Waals surface area contributed by atoms with E-state index in [4.69, 9.17) is 0 Å². The molecule has 3 nitrogen and oxygen atoms in total. The standard InChI is InChI=1S/C16H21FN2O/c1-12(14-8-5-9-18-11-14)19-16(20)15(17)10-13-6-3-2-4-7-13/h5,8-13H,2-4,6-7H2,1H3,(H,19,20)/b15-10-. The fourth-order valence-corrected chi connectivity index (χ4v) is 2.56. The van der Waals surface area contributed by atoms with Gasteiger partial charge >= 0.3 is 0 Å². The molecule has 0 saturated heterocycles. The van der Waals surface area contributed by atoms with E-state index >= 15 is 0 Å². The van der Waals surface area contributed by atoms with Crippen molar-refractivity contribution in [3.63, 3.8) is 0 Å². The van der Waals surface area contributed by atoms with E-state index in [2.05, 4.69) is 10.3 Å². The van der Waals surface area contributed by atoms with Crippen LogP contribution in [-0.4, -0.2) is 10.9 Å². The van der Waals surface area contributed by atoms with Gasteiger partial charge in [-0.25, -0.2) is 4.39 Å². The van der Waals surface area contributed by atoms with Gasteiger partial charge < -0.3 is 5.32 Å². The van der Waals surface area contributed by atoms with E-state index in [1.165, 1.54) is 12.5 Å². The maximum Gasteiger partial charge on any atom is 0.280 e. The Morgan fingerprint density at radius 1 is 1.45 bits per heavy atom. The molecule has 0 aliphatic heterocycles. The van der Waals surface area contributed by atoms with Gasteiger partial charge in [-0.2, -0.15) is 0 Å². The second kappa shape index (κ2) is 7.17. The minimum absolute atomic E-state index is 0.211. The van der Waals surface area contributed by atoms with Gasteiger partial charge in [0.05, 0.1) is 6.04 Å². The molecular weight excluding hydrogens is 255 g/mol. The zero-order chi connectivity index (χ0) is 14.4. The molecule has 0 aromatic carbocycles. The highest BCUT2D eigenvalue weighted by Gasteiger charge is 2.17. The molecule has 1 N–H and O–H groups in total. The summed E-state index contributed by atoms with van der Waals surface area (Å²) in [6, 6.07) is 3.41. The first kappa shape index (κ1) is 14.7. The van der Waals surface area contributed by atoms with Crippen LogP contribution in [0.5, 0.6) is 0 Å². The molecule has 2 rings (SSSR count). The Morgan fingerprint density at radius 3 is 2.85 bits per heavy atom. The molecule has 108 valence electrons. The Bertz CT molecular complexity index is 467. The summed E-state index contributed by atoms with van der Waals surface area (Å²) in [5.41, 5.74) is 0.867. The van der Waals surface area contributed by atoms with E-state index in [-0.39, 0.29) is 12.0 Å². The molecule has 1 amide bonds. The maximum absolute atomic E-state index is 13.9.